The molecule has 8 nitrogen and oxygen atoms in total. The molecule has 4 aromatic heterocycles. The summed E-state index contributed by atoms with van der Waals surface area (Å²) in [6.45, 7) is 2.53. The smallest absolute Gasteiger partial charge is 0.155 e. The first kappa shape index (κ1) is 19.6. The van der Waals surface area contributed by atoms with Crippen LogP contribution in [0.5, 0.6) is 0 Å². The Hall–Kier alpha value is -4.04. The Kier molecular flexibility index (Phi) is 4.66. The van der Waals surface area contributed by atoms with Crippen molar-refractivity contribution in [2.75, 3.05) is 5.32 Å². The number of nitrogens with two attached hydrogens (primary N) is 1. The summed E-state index contributed by atoms with van der Waals surface area (Å²) in [5.41, 5.74) is 15.2. The lowest BCUT2D eigenvalue weighted by Gasteiger charge is -2.13. The lowest BCUT2D eigenvalue weighted by molar-refractivity contribution is 0.713. The lowest BCUT2D eigenvalue weighted by atomic mass is 10.1. The molecule has 33 heavy (non-hydrogen) atoms. The first-order valence-corrected chi connectivity index (χ1v) is 11.1. The average Bonchev–Trinajstić information content (AvgIpc) is 3.56. The van der Waals surface area contributed by atoms with E-state index in [4.69, 9.17) is 15.7 Å². The van der Waals surface area contributed by atoms with Crippen LogP contribution in [0.15, 0.2) is 61.1 Å². The molecule has 1 atom stereocenters. The van der Waals surface area contributed by atoms with Crippen molar-refractivity contribution in [2.24, 2.45) is 5.73 Å². The van der Waals surface area contributed by atoms with E-state index in [-0.39, 0.29) is 6.04 Å². The zero-order valence-electron chi connectivity index (χ0n) is 18.3. The predicted octanol–water partition coefficient (Wildman–Crippen LogP) is 4.05. The van der Waals surface area contributed by atoms with E-state index in [1.54, 1.807) is 10.8 Å². The van der Waals surface area contributed by atoms with E-state index in [0.29, 0.717) is 6.54 Å². The summed E-state index contributed by atoms with van der Waals surface area (Å²) in [6, 6.07) is 16.4. The number of rotatable bonds is 5. The fourth-order valence-corrected chi connectivity index (χ4v) is 4.60. The Morgan fingerprint density at radius 3 is 2.94 bits per heavy atom. The molecule has 5 aromatic rings. The number of hydrogen-bond acceptors (Lipinski definition) is 6. The summed E-state index contributed by atoms with van der Waals surface area (Å²) in [4.78, 5) is 17.4. The van der Waals surface area contributed by atoms with Crippen LogP contribution in [-0.2, 0) is 13.0 Å². The maximum Gasteiger partial charge on any atom is 0.155 e. The number of nitrogens with zero attached hydrogens (tertiary/aromatic N) is 5. The van der Waals surface area contributed by atoms with Gasteiger partial charge in [0.25, 0.3) is 0 Å². The second-order valence-electron chi connectivity index (χ2n) is 8.43. The zero-order chi connectivity index (χ0) is 22.4. The summed E-state index contributed by atoms with van der Waals surface area (Å²) in [5, 5.41) is 7.83. The third-order valence-electron chi connectivity index (χ3n) is 6.18. The van der Waals surface area contributed by atoms with E-state index in [1.807, 2.05) is 43.5 Å². The van der Waals surface area contributed by atoms with Crippen molar-refractivity contribution in [1.29, 1.82) is 0 Å². The molecule has 0 radical (unpaired) electrons. The first-order chi connectivity index (χ1) is 16.2. The highest BCUT2D eigenvalue weighted by molar-refractivity contribution is 5.77. The van der Waals surface area contributed by atoms with Crippen molar-refractivity contribution < 1.29 is 0 Å². The van der Waals surface area contributed by atoms with Crippen molar-refractivity contribution in [1.82, 2.24) is 29.5 Å². The van der Waals surface area contributed by atoms with E-state index in [2.05, 4.69) is 38.6 Å². The number of imidazole rings is 1. The predicted molar refractivity (Wildman–Crippen MR) is 128 cm³/mol. The highest BCUT2D eigenvalue weighted by Gasteiger charge is 2.22. The van der Waals surface area contributed by atoms with Gasteiger partial charge in [-0.3, -0.25) is 4.98 Å². The van der Waals surface area contributed by atoms with E-state index in [9.17, 15) is 0 Å². The van der Waals surface area contributed by atoms with Crippen LogP contribution < -0.4 is 11.1 Å². The van der Waals surface area contributed by atoms with Crippen LogP contribution in [0.4, 0.5) is 5.69 Å². The van der Waals surface area contributed by atoms with Gasteiger partial charge in [-0.1, -0.05) is 18.2 Å². The van der Waals surface area contributed by atoms with Crippen molar-refractivity contribution in [3.05, 3.63) is 83.7 Å². The van der Waals surface area contributed by atoms with Gasteiger partial charge in [-0.15, -0.1) is 0 Å². The largest absolute Gasteiger partial charge is 0.378 e. The van der Waals surface area contributed by atoms with Crippen molar-refractivity contribution in [3.8, 4) is 22.6 Å². The van der Waals surface area contributed by atoms with Crippen LogP contribution in [0.3, 0.4) is 0 Å². The van der Waals surface area contributed by atoms with Gasteiger partial charge in [-0.2, -0.15) is 5.10 Å². The molecule has 0 spiro atoms. The molecule has 164 valence electrons. The highest BCUT2D eigenvalue weighted by Crippen LogP contribution is 2.35. The summed E-state index contributed by atoms with van der Waals surface area (Å²) in [7, 11) is 0. The van der Waals surface area contributed by atoms with Crippen LogP contribution in [-0.4, -0.2) is 29.5 Å². The van der Waals surface area contributed by atoms with Gasteiger partial charge >= 0.3 is 0 Å². The molecule has 1 aliphatic rings. The summed E-state index contributed by atoms with van der Waals surface area (Å²) < 4.78 is 1.76. The highest BCUT2D eigenvalue weighted by atomic mass is 15.3. The molecule has 0 aliphatic heterocycles. The number of aromatic nitrogens is 6. The zero-order valence-corrected chi connectivity index (χ0v) is 18.3. The van der Waals surface area contributed by atoms with E-state index >= 15 is 0 Å². The molecule has 4 N–H and O–H groups in total. The van der Waals surface area contributed by atoms with Gasteiger partial charge in [-0.25, -0.2) is 14.5 Å². The van der Waals surface area contributed by atoms with E-state index in [1.165, 1.54) is 11.1 Å². The lowest BCUT2D eigenvalue weighted by Crippen LogP contribution is -2.10. The number of aryl methyl sites for hydroxylation is 2. The normalized spacial score (nSPS) is 15.2. The minimum Gasteiger partial charge on any atom is -0.378 e. The molecular weight excluding hydrogens is 412 g/mol. The maximum atomic E-state index is 6.36. The molecular formula is C25H24N8. The number of hydrogen-bond donors (Lipinski definition) is 3. The van der Waals surface area contributed by atoms with Crippen molar-refractivity contribution in [3.63, 3.8) is 0 Å². The van der Waals surface area contributed by atoms with Crippen LogP contribution in [0, 0.1) is 6.92 Å². The number of pyridine rings is 2. The van der Waals surface area contributed by atoms with E-state index in [0.717, 1.165) is 58.3 Å². The molecule has 1 aliphatic carbocycles. The van der Waals surface area contributed by atoms with Crippen molar-refractivity contribution in [2.45, 2.75) is 32.4 Å². The average molecular weight is 437 g/mol. The molecule has 4 heterocycles. The molecule has 8 heteroatoms. The quantitative estimate of drug-likeness (QED) is 0.383. The standard InChI is InChI=1S/C25H24N8/c1-15-4-2-7-20(30-15)25-24(17-9-11-22-28-14-29-33(22)13-17)31-21(32-25)12-27-19-6-3-5-16-8-10-18(26)23(16)19/h2-7,9,11,13-14,18,27H,8,10,12,26H2,1H3,(H,31,32). The third-order valence-corrected chi connectivity index (χ3v) is 6.18. The SMILES string of the molecule is Cc1cccc(-c2nc(CNc3cccc4c3C(N)CC4)[nH]c2-c2ccc3ncnn3c2)n1. The molecule has 0 amide bonds. The summed E-state index contributed by atoms with van der Waals surface area (Å²) in [6.07, 6.45) is 5.53. The molecule has 1 aromatic carbocycles. The van der Waals surface area contributed by atoms with Gasteiger partial charge < -0.3 is 16.0 Å². The fourth-order valence-electron chi connectivity index (χ4n) is 4.60. The van der Waals surface area contributed by atoms with Gasteiger partial charge in [0.15, 0.2) is 5.65 Å². The molecule has 0 saturated heterocycles. The number of anilines is 1. The van der Waals surface area contributed by atoms with Crippen LogP contribution in [0.1, 0.15) is 35.1 Å². The molecule has 6 rings (SSSR count). The first-order valence-electron chi connectivity index (χ1n) is 11.1. The number of nitrogens with one attached hydrogen (secondary N) is 2. The summed E-state index contributed by atoms with van der Waals surface area (Å²) in [5.74, 6) is 0.825. The fraction of sp³-hybridized carbons (Fsp3) is 0.200. The molecule has 0 fully saturated rings. The van der Waals surface area contributed by atoms with Gasteiger partial charge in [0.1, 0.15) is 17.8 Å². The Morgan fingerprint density at radius 1 is 1.12 bits per heavy atom. The maximum absolute atomic E-state index is 6.36. The monoisotopic (exact) mass is 436 g/mol. The molecule has 1 unspecified atom stereocenters. The van der Waals surface area contributed by atoms with Crippen LogP contribution >= 0.6 is 0 Å². The van der Waals surface area contributed by atoms with Crippen LogP contribution in [0.2, 0.25) is 0 Å². The Bertz CT molecular complexity index is 1460. The number of benzene rings is 1. The number of fused-ring (bicyclic) bond motifs is 2. The Morgan fingerprint density at radius 2 is 2.03 bits per heavy atom. The Balaban J connectivity index is 1.39. The van der Waals surface area contributed by atoms with Crippen molar-refractivity contribution >= 4 is 11.3 Å². The van der Waals surface area contributed by atoms with Gasteiger partial charge in [0.05, 0.1) is 17.9 Å². The molecule has 0 bridgehead atoms. The van der Waals surface area contributed by atoms with E-state index < -0.39 is 0 Å². The number of H-pyrrole nitrogens is 1. The third kappa shape index (κ3) is 3.54. The summed E-state index contributed by atoms with van der Waals surface area (Å²) >= 11 is 0. The Labute approximate surface area is 190 Å². The van der Waals surface area contributed by atoms with Gasteiger partial charge in [0.2, 0.25) is 0 Å². The number of aromatic amines is 1. The minimum absolute atomic E-state index is 0.0809. The van der Waals surface area contributed by atoms with Crippen LogP contribution in [0.25, 0.3) is 28.3 Å². The van der Waals surface area contributed by atoms with Gasteiger partial charge in [-0.05, 0) is 61.2 Å². The van der Waals surface area contributed by atoms with Gasteiger partial charge in [0, 0.05) is 29.2 Å². The topological polar surface area (TPSA) is 110 Å². The second-order valence-corrected chi connectivity index (χ2v) is 8.43. The minimum atomic E-state index is 0.0809. The molecule has 0 saturated carbocycles. The second kappa shape index (κ2) is 7.83.